The number of benzene rings is 4. The number of amides is 1. The van der Waals surface area contributed by atoms with Crippen molar-refractivity contribution in [2.75, 3.05) is 4.72 Å². The molecule has 0 unspecified atom stereocenters. The summed E-state index contributed by atoms with van der Waals surface area (Å²) in [5.41, 5.74) is 4.87. The van der Waals surface area contributed by atoms with Gasteiger partial charge in [-0.05, 0) is 71.8 Å². The Morgan fingerprint density at radius 3 is 2.33 bits per heavy atom. The Morgan fingerprint density at radius 2 is 1.61 bits per heavy atom. The maximum atomic E-state index is 12.4. The smallest absolute Gasteiger partial charge is 0.271 e. The summed E-state index contributed by atoms with van der Waals surface area (Å²) in [5.74, 6) is 0.229. The van der Waals surface area contributed by atoms with Crippen LogP contribution in [0.4, 0.5) is 5.69 Å². The lowest BCUT2D eigenvalue weighted by atomic mass is 10.2. The van der Waals surface area contributed by atoms with Gasteiger partial charge in [-0.3, -0.25) is 9.52 Å². The van der Waals surface area contributed by atoms with E-state index in [1.165, 1.54) is 42.6 Å². The number of nitrogens with zero attached hydrogens (tertiary/aromatic N) is 1. The minimum atomic E-state index is -3.71. The van der Waals surface area contributed by atoms with Gasteiger partial charge in [-0.1, -0.05) is 54.1 Å². The summed E-state index contributed by atoms with van der Waals surface area (Å²) < 4.78 is 33.1. The summed E-state index contributed by atoms with van der Waals surface area (Å²) in [6, 6.07) is 28.8. The van der Waals surface area contributed by atoms with Crippen molar-refractivity contribution >= 4 is 39.4 Å². The maximum Gasteiger partial charge on any atom is 0.271 e. The number of ether oxygens (including phenoxy) is 1. The van der Waals surface area contributed by atoms with Crippen LogP contribution in [0.2, 0.25) is 5.02 Å². The van der Waals surface area contributed by atoms with Gasteiger partial charge in [-0.2, -0.15) is 5.10 Å². The van der Waals surface area contributed by atoms with Gasteiger partial charge < -0.3 is 4.74 Å². The molecule has 36 heavy (non-hydrogen) atoms. The Hall–Kier alpha value is -4.14. The average molecular weight is 520 g/mol. The monoisotopic (exact) mass is 519 g/mol. The first kappa shape index (κ1) is 25.0. The lowest BCUT2D eigenvalue weighted by Crippen LogP contribution is -2.18. The standard InChI is InChI=1S/C27H22ClN3O4S/c28-23-13-9-20(10-14-23)19-35-25-6-4-5-21(17-25)18-29-30-27(32)22-11-15-24(16-12-22)31-36(33,34)26-7-2-1-3-8-26/h1-18,31H,19H2,(H,30,32). The highest BCUT2D eigenvalue weighted by Gasteiger charge is 2.13. The highest BCUT2D eigenvalue weighted by molar-refractivity contribution is 7.92. The number of carbonyl (C=O) groups is 1. The molecule has 4 aromatic carbocycles. The lowest BCUT2D eigenvalue weighted by Gasteiger charge is -2.08. The molecule has 0 saturated heterocycles. The number of hydrogen-bond donors (Lipinski definition) is 2. The van der Waals surface area contributed by atoms with E-state index >= 15 is 0 Å². The molecule has 1 amide bonds. The summed E-state index contributed by atoms with van der Waals surface area (Å²) in [6.07, 6.45) is 1.51. The fraction of sp³-hybridized carbons (Fsp3) is 0.0370. The number of rotatable bonds is 9. The molecule has 0 saturated carbocycles. The van der Waals surface area contributed by atoms with Crippen LogP contribution in [0.3, 0.4) is 0 Å². The van der Waals surface area contributed by atoms with E-state index in [1.54, 1.807) is 24.3 Å². The quantitative estimate of drug-likeness (QED) is 0.226. The molecule has 0 fully saturated rings. The average Bonchev–Trinajstić information content (AvgIpc) is 2.89. The van der Waals surface area contributed by atoms with Crippen molar-refractivity contribution in [3.8, 4) is 5.75 Å². The normalized spacial score (nSPS) is 11.2. The van der Waals surface area contributed by atoms with E-state index in [9.17, 15) is 13.2 Å². The first-order chi connectivity index (χ1) is 17.4. The molecule has 4 aromatic rings. The van der Waals surface area contributed by atoms with Gasteiger partial charge in [-0.15, -0.1) is 0 Å². The van der Waals surface area contributed by atoms with E-state index in [2.05, 4.69) is 15.2 Å². The third-order valence-corrected chi connectivity index (χ3v) is 6.66. The highest BCUT2D eigenvalue weighted by atomic mass is 35.5. The second kappa shape index (κ2) is 11.5. The van der Waals surface area contributed by atoms with E-state index in [0.29, 0.717) is 28.6 Å². The number of halogens is 1. The van der Waals surface area contributed by atoms with Gasteiger partial charge in [-0.25, -0.2) is 13.8 Å². The van der Waals surface area contributed by atoms with Gasteiger partial charge in [0.25, 0.3) is 15.9 Å². The first-order valence-corrected chi connectivity index (χ1v) is 12.7. The first-order valence-electron chi connectivity index (χ1n) is 10.9. The molecule has 0 bridgehead atoms. The van der Waals surface area contributed by atoms with Gasteiger partial charge >= 0.3 is 0 Å². The van der Waals surface area contributed by atoms with Crippen molar-refractivity contribution in [1.82, 2.24) is 5.43 Å². The Balaban J connectivity index is 1.31. The zero-order valence-electron chi connectivity index (χ0n) is 19.0. The van der Waals surface area contributed by atoms with Crippen LogP contribution in [0.5, 0.6) is 5.75 Å². The molecule has 0 spiro atoms. The Labute approximate surface area is 214 Å². The molecule has 0 radical (unpaired) electrons. The van der Waals surface area contributed by atoms with Crippen molar-refractivity contribution in [2.24, 2.45) is 5.10 Å². The lowest BCUT2D eigenvalue weighted by molar-refractivity contribution is 0.0955. The summed E-state index contributed by atoms with van der Waals surface area (Å²) in [7, 11) is -3.71. The third kappa shape index (κ3) is 6.94. The second-order valence-electron chi connectivity index (χ2n) is 7.68. The van der Waals surface area contributed by atoms with Crippen molar-refractivity contribution in [3.63, 3.8) is 0 Å². The van der Waals surface area contributed by atoms with E-state index in [4.69, 9.17) is 16.3 Å². The topological polar surface area (TPSA) is 96.9 Å². The van der Waals surface area contributed by atoms with E-state index in [1.807, 2.05) is 42.5 Å². The van der Waals surface area contributed by atoms with Gasteiger partial charge in [0.05, 0.1) is 11.1 Å². The van der Waals surface area contributed by atoms with E-state index in [0.717, 1.165) is 11.1 Å². The minimum Gasteiger partial charge on any atom is -0.489 e. The Morgan fingerprint density at radius 1 is 0.889 bits per heavy atom. The molecular weight excluding hydrogens is 498 g/mol. The van der Waals surface area contributed by atoms with Crippen molar-refractivity contribution < 1.29 is 17.9 Å². The molecule has 0 aromatic heterocycles. The molecule has 4 rings (SSSR count). The minimum absolute atomic E-state index is 0.153. The zero-order chi connectivity index (χ0) is 25.4. The van der Waals surface area contributed by atoms with Crippen LogP contribution in [0.1, 0.15) is 21.5 Å². The van der Waals surface area contributed by atoms with Crippen LogP contribution in [-0.4, -0.2) is 20.5 Å². The van der Waals surface area contributed by atoms with Crippen LogP contribution >= 0.6 is 11.6 Å². The summed E-state index contributed by atoms with van der Waals surface area (Å²) in [5, 5.41) is 4.67. The number of anilines is 1. The van der Waals surface area contributed by atoms with Crippen LogP contribution in [0, 0.1) is 0 Å². The number of hydrazone groups is 1. The molecular formula is C27H22ClN3O4S. The van der Waals surface area contributed by atoms with Crippen LogP contribution in [0.25, 0.3) is 0 Å². The van der Waals surface area contributed by atoms with E-state index < -0.39 is 15.9 Å². The third-order valence-electron chi connectivity index (χ3n) is 5.01. The van der Waals surface area contributed by atoms with E-state index in [-0.39, 0.29) is 4.90 Å². The fourth-order valence-electron chi connectivity index (χ4n) is 3.17. The van der Waals surface area contributed by atoms with Crippen molar-refractivity contribution in [2.45, 2.75) is 11.5 Å². The maximum absolute atomic E-state index is 12.4. The summed E-state index contributed by atoms with van der Waals surface area (Å²) in [4.78, 5) is 12.6. The van der Waals surface area contributed by atoms with Crippen LogP contribution in [0.15, 0.2) is 113 Å². The highest BCUT2D eigenvalue weighted by Crippen LogP contribution is 2.17. The summed E-state index contributed by atoms with van der Waals surface area (Å²) >= 11 is 5.90. The molecule has 182 valence electrons. The molecule has 0 aliphatic carbocycles. The SMILES string of the molecule is O=C(NN=Cc1cccc(OCc2ccc(Cl)cc2)c1)c1ccc(NS(=O)(=O)c2ccccc2)cc1. The number of carbonyl (C=O) groups excluding carboxylic acids is 1. The van der Waals surface area contributed by atoms with Crippen LogP contribution < -0.4 is 14.9 Å². The van der Waals surface area contributed by atoms with Crippen molar-refractivity contribution in [3.05, 3.63) is 125 Å². The largest absolute Gasteiger partial charge is 0.489 e. The molecule has 0 atom stereocenters. The van der Waals surface area contributed by atoms with Gasteiger partial charge in [0, 0.05) is 16.3 Å². The molecule has 0 heterocycles. The predicted molar refractivity (Wildman–Crippen MR) is 141 cm³/mol. The van der Waals surface area contributed by atoms with Crippen molar-refractivity contribution in [1.29, 1.82) is 0 Å². The molecule has 2 N–H and O–H groups in total. The molecule has 7 nitrogen and oxygen atoms in total. The zero-order valence-corrected chi connectivity index (χ0v) is 20.5. The number of sulfonamides is 1. The van der Waals surface area contributed by atoms with Gasteiger partial charge in [0.1, 0.15) is 12.4 Å². The second-order valence-corrected chi connectivity index (χ2v) is 9.80. The van der Waals surface area contributed by atoms with Crippen LogP contribution in [-0.2, 0) is 16.6 Å². The van der Waals surface area contributed by atoms with Gasteiger partial charge in [0.2, 0.25) is 0 Å². The Kier molecular flexibility index (Phi) is 7.99. The Bertz CT molecular complexity index is 1460. The fourth-order valence-corrected chi connectivity index (χ4v) is 4.37. The predicted octanol–water partition coefficient (Wildman–Crippen LogP) is 5.48. The molecule has 0 aliphatic rings. The molecule has 0 aliphatic heterocycles. The number of nitrogens with one attached hydrogen (secondary N) is 2. The summed E-state index contributed by atoms with van der Waals surface area (Å²) in [6.45, 7) is 0.395. The van der Waals surface area contributed by atoms with Gasteiger partial charge in [0.15, 0.2) is 0 Å². The molecule has 9 heteroatoms. The number of hydrogen-bond acceptors (Lipinski definition) is 5.